The predicted octanol–water partition coefficient (Wildman–Crippen LogP) is 3.34. The fraction of sp³-hybridized carbons (Fsp3) is 0.692. The maximum atomic E-state index is 2.59. The van der Waals surface area contributed by atoms with Gasteiger partial charge in [0.15, 0.2) is 0 Å². The zero-order valence-corrected chi connectivity index (χ0v) is 9.42. The molecule has 2 aliphatic rings. The molecule has 0 spiro atoms. The molecule has 1 saturated heterocycles. The lowest BCUT2D eigenvalue weighted by Gasteiger charge is -2.33. The van der Waals surface area contributed by atoms with Gasteiger partial charge in [0.25, 0.3) is 0 Å². The smallest absolute Gasteiger partial charge is 0.0175 e. The average molecular weight is 191 g/mol. The summed E-state index contributed by atoms with van der Waals surface area (Å²) in [5, 5.41) is 0. The summed E-state index contributed by atoms with van der Waals surface area (Å²) >= 11 is 0. The van der Waals surface area contributed by atoms with E-state index in [0.717, 1.165) is 5.92 Å². The van der Waals surface area contributed by atoms with Crippen molar-refractivity contribution >= 4 is 0 Å². The van der Waals surface area contributed by atoms with E-state index < -0.39 is 0 Å². The highest BCUT2D eigenvalue weighted by atomic mass is 15.1. The minimum atomic E-state index is 0.733. The summed E-state index contributed by atoms with van der Waals surface area (Å²) in [6.07, 6.45) is 10.2. The van der Waals surface area contributed by atoms with Crippen LogP contribution in [0.3, 0.4) is 0 Å². The zero-order valence-electron chi connectivity index (χ0n) is 9.42. The van der Waals surface area contributed by atoms with Crippen molar-refractivity contribution in [1.29, 1.82) is 0 Å². The molecule has 1 aliphatic heterocycles. The fourth-order valence-corrected chi connectivity index (χ4v) is 2.61. The Hall–Kier alpha value is -0.720. The van der Waals surface area contributed by atoms with E-state index in [-0.39, 0.29) is 0 Å². The number of hydrogen-bond donors (Lipinski definition) is 0. The Kier molecular flexibility index (Phi) is 2.95. The van der Waals surface area contributed by atoms with Crippen LogP contribution in [0.25, 0.3) is 0 Å². The van der Waals surface area contributed by atoms with Gasteiger partial charge < -0.3 is 4.90 Å². The molecule has 1 aliphatic carbocycles. The van der Waals surface area contributed by atoms with Crippen molar-refractivity contribution in [2.24, 2.45) is 5.92 Å². The quantitative estimate of drug-likeness (QED) is 0.614. The molecule has 1 unspecified atom stereocenters. The van der Waals surface area contributed by atoms with Gasteiger partial charge >= 0.3 is 0 Å². The first kappa shape index (κ1) is 9.82. The standard InChI is InChI=1S/C13H21N/c1-11-8-12(2)10-13(9-11)14-6-4-3-5-7-14/h8-9,12H,3-7,10H2,1-2H3. The van der Waals surface area contributed by atoms with Crippen LogP contribution in [0.5, 0.6) is 0 Å². The normalized spacial score (nSPS) is 28.4. The molecule has 0 radical (unpaired) electrons. The molecule has 78 valence electrons. The number of piperidine rings is 1. The van der Waals surface area contributed by atoms with E-state index in [1.807, 2.05) is 0 Å². The molecule has 0 amide bonds. The van der Waals surface area contributed by atoms with Crippen molar-refractivity contribution in [2.45, 2.75) is 39.5 Å². The Morgan fingerprint density at radius 3 is 2.57 bits per heavy atom. The number of rotatable bonds is 1. The molecule has 1 heteroatoms. The molecule has 0 saturated carbocycles. The minimum absolute atomic E-state index is 0.733. The summed E-state index contributed by atoms with van der Waals surface area (Å²) in [4.78, 5) is 2.59. The van der Waals surface area contributed by atoms with E-state index >= 15 is 0 Å². The molecule has 1 fully saturated rings. The van der Waals surface area contributed by atoms with E-state index in [1.165, 1.54) is 44.3 Å². The summed E-state index contributed by atoms with van der Waals surface area (Å²) in [6.45, 7) is 7.11. The van der Waals surface area contributed by atoms with Crippen LogP contribution in [0.2, 0.25) is 0 Å². The van der Waals surface area contributed by atoms with Crippen LogP contribution >= 0.6 is 0 Å². The first-order valence-electron chi connectivity index (χ1n) is 5.89. The molecule has 0 aromatic heterocycles. The molecular weight excluding hydrogens is 170 g/mol. The lowest BCUT2D eigenvalue weighted by Crippen LogP contribution is -2.30. The Morgan fingerprint density at radius 2 is 1.93 bits per heavy atom. The summed E-state index contributed by atoms with van der Waals surface area (Å²) in [5.41, 5.74) is 3.03. The number of nitrogens with zero attached hydrogens (tertiary/aromatic N) is 1. The van der Waals surface area contributed by atoms with Crippen LogP contribution in [0.1, 0.15) is 39.5 Å². The van der Waals surface area contributed by atoms with Crippen molar-refractivity contribution in [3.8, 4) is 0 Å². The number of allylic oxidation sites excluding steroid dienone is 4. The number of likely N-dealkylation sites (tertiary alicyclic amines) is 1. The summed E-state index contributed by atoms with van der Waals surface area (Å²) < 4.78 is 0. The third kappa shape index (κ3) is 2.20. The summed E-state index contributed by atoms with van der Waals surface area (Å²) in [6, 6.07) is 0. The van der Waals surface area contributed by atoms with Gasteiger partial charge in [-0.1, -0.05) is 18.6 Å². The molecule has 0 aromatic rings. The van der Waals surface area contributed by atoms with Crippen LogP contribution in [0.15, 0.2) is 23.4 Å². The number of hydrogen-bond acceptors (Lipinski definition) is 1. The molecule has 0 aromatic carbocycles. The molecule has 1 atom stereocenters. The molecule has 2 rings (SSSR count). The predicted molar refractivity (Wildman–Crippen MR) is 61.0 cm³/mol. The Morgan fingerprint density at radius 1 is 1.21 bits per heavy atom. The van der Waals surface area contributed by atoms with E-state index in [2.05, 4.69) is 30.9 Å². The topological polar surface area (TPSA) is 3.24 Å². The Balaban J connectivity index is 2.06. The highest BCUT2D eigenvalue weighted by Crippen LogP contribution is 2.26. The van der Waals surface area contributed by atoms with Gasteiger partial charge in [0.1, 0.15) is 0 Å². The zero-order chi connectivity index (χ0) is 9.97. The molecule has 0 bridgehead atoms. The first-order chi connectivity index (χ1) is 6.75. The molecule has 14 heavy (non-hydrogen) atoms. The molecule has 1 heterocycles. The highest BCUT2D eigenvalue weighted by molar-refractivity contribution is 5.27. The van der Waals surface area contributed by atoms with E-state index in [9.17, 15) is 0 Å². The minimum Gasteiger partial charge on any atom is -0.375 e. The van der Waals surface area contributed by atoms with Gasteiger partial charge in [-0.25, -0.2) is 0 Å². The monoisotopic (exact) mass is 191 g/mol. The van der Waals surface area contributed by atoms with Gasteiger partial charge in [-0.05, 0) is 44.6 Å². The maximum Gasteiger partial charge on any atom is 0.0175 e. The van der Waals surface area contributed by atoms with Gasteiger partial charge in [-0.3, -0.25) is 0 Å². The highest BCUT2D eigenvalue weighted by Gasteiger charge is 2.17. The van der Waals surface area contributed by atoms with Gasteiger partial charge in [-0.15, -0.1) is 0 Å². The Bertz CT molecular complexity index is 256. The van der Waals surface area contributed by atoms with Crippen molar-refractivity contribution < 1.29 is 0 Å². The van der Waals surface area contributed by atoms with Gasteiger partial charge in [0.2, 0.25) is 0 Å². The van der Waals surface area contributed by atoms with Crippen molar-refractivity contribution in [3.05, 3.63) is 23.4 Å². The second kappa shape index (κ2) is 4.20. The third-order valence-corrected chi connectivity index (χ3v) is 3.24. The van der Waals surface area contributed by atoms with Crippen LogP contribution in [0.4, 0.5) is 0 Å². The Labute approximate surface area is 87.5 Å². The van der Waals surface area contributed by atoms with Gasteiger partial charge in [-0.2, -0.15) is 0 Å². The maximum absolute atomic E-state index is 2.59. The van der Waals surface area contributed by atoms with E-state index in [1.54, 1.807) is 5.70 Å². The van der Waals surface area contributed by atoms with Crippen LogP contribution in [-0.4, -0.2) is 18.0 Å². The molecular formula is C13H21N. The summed E-state index contributed by atoms with van der Waals surface area (Å²) in [7, 11) is 0. The second-order valence-corrected chi connectivity index (χ2v) is 4.78. The first-order valence-corrected chi connectivity index (χ1v) is 5.89. The van der Waals surface area contributed by atoms with Crippen molar-refractivity contribution in [2.75, 3.05) is 13.1 Å². The molecule has 1 nitrogen and oxygen atoms in total. The van der Waals surface area contributed by atoms with Crippen molar-refractivity contribution in [3.63, 3.8) is 0 Å². The van der Waals surface area contributed by atoms with Gasteiger partial charge in [0, 0.05) is 18.8 Å². The van der Waals surface area contributed by atoms with Crippen molar-refractivity contribution in [1.82, 2.24) is 4.90 Å². The lowest BCUT2D eigenvalue weighted by molar-refractivity contribution is 0.270. The van der Waals surface area contributed by atoms with Crippen LogP contribution in [-0.2, 0) is 0 Å². The van der Waals surface area contributed by atoms with E-state index in [4.69, 9.17) is 0 Å². The van der Waals surface area contributed by atoms with Gasteiger partial charge in [0.05, 0.1) is 0 Å². The molecule has 0 N–H and O–H groups in total. The largest absolute Gasteiger partial charge is 0.375 e. The third-order valence-electron chi connectivity index (χ3n) is 3.24. The summed E-state index contributed by atoms with van der Waals surface area (Å²) in [5.74, 6) is 0.733. The van der Waals surface area contributed by atoms with E-state index in [0.29, 0.717) is 0 Å². The average Bonchev–Trinajstić information content (AvgIpc) is 2.18. The second-order valence-electron chi connectivity index (χ2n) is 4.78. The van der Waals surface area contributed by atoms with Crippen LogP contribution < -0.4 is 0 Å². The van der Waals surface area contributed by atoms with Crippen LogP contribution in [0, 0.1) is 5.92 Å². The fourth-order valence-electron chi connectivity index (χ4n) is 2.61. The SMILES string of the molecule is CC1=CC(C)CC(N2CCCCC2)=C1. The lowest BCUT2D eigenvalue weighted by atomic mass is 9.94.